The van der Waals surface area contributed by atoms with Gasteiger partial charge < -0.3 is 21.1 Å². The fraction of sp³-hybridized carbons (Fsp3) is 0.111. The van der Waals surface area contributed by atoms with E-state index in [2.05, 4.69) is 9.98 Å². The van der Waals surface area contributed by atoms with Gasteiger partial charge in [0.1, 0.15) is 5.82 Å². The average Bonchev–Trinajstić information content (AvgIpc) is 2.95. The number of fused-ring (bicyclic) bond motifs is 1. The number of nitrogens with two attached hydrogens (primary N) is 2. The molecule has 0 radical (unpaired) electrons. The number of amides is 1. The summed E-state index contributed by atoms with van der Waals surface area (Å²) in [4.78, 5) is 29.1. The predicted octanol–water partition coefficient (Wildman–Crippen LogP) is 1.84. The average molecular weight is 353 g/mol. The van der Waals surface area contributed by atoms with Crippen molar-refractivity contribution in [3.63, 3.8) is 0 Å². The second kappa shape index (κ2) is 7.93. The van der Waals surface area contributed by atoms with Crippen LogP contribution < -0.4 is 11.5 Å². The predicted molar refractivity (Wildman–Crippen MR) is 99.3 cm³/mol. The molecule has 26 heavy (non-hydrogen) atoms. The van der Waals surface area contributed by atoms with Gasteiger partial charge in [-0.15, -0.1) is 0 Å². The molecular formula is C18H19N5O3. The Labute approximate surface area is 149 Å². The number of carboxylic acids is 1. The molecule has 0 aliphatic carbocycles. The molecule has 1 aromatic carbocycles. The number of carbonyl (C=O) groups excluding carboxylic acids is 1. The standard InChI is InChI=1S/C16H15N5O.C2H4O2/c1-10-8-21(9-12(10)15(22)20-16(17)18)14-7-6-11-4-2-3-5-13(11)19-14;1-2(3)4/h2-9H,1H3,(H4,17,18,20,22);1H3,(H,3,4). The molecule has 0 aliphatic heterocycles. The third kappa shape index (κ3) is 4.67. The monoisotopic (exact) mass is 353 g/mol. The smallest absolute Gasteiger partial charge is 0.300 e. The van der Waals surface area contributed by atoms with Crippen molar-refractivity contribution in [2.24, 2.45) is 16.5 Å². The molecule has 0 fully saturated rings. The number of carbonyl (C=O) groups is 2. The van der Waals surface area contributed by atoms with Crippen molar-refractivity contribution >= 4 is 28.7 Å². The van der Waals surface area contributed by atoms with Gasteiger partial charge in [0.2, 0.25) is 0 Å². The van der Waals surface area contributed by atoms with E-state index in [4.69, 9.17) is 21.4 Å². The molecule has 8 nitrogen and oxygen atoms in total. The number of aryl methyl sites for hydroxylation is 1. The second-order valence-electron chi connectivity index (χ2n) is 5.49. The number of nitrogens with zero attached hydrogens (tertiary/aromatic N) is 3. The van der Waals surface area contributed by atoms with E-state index in [9.17, 15) is 4.79 Å². The number of hydrogen-bond donors (Lipinski definition) is 3. The summed E-state index contributed by atoms with van der Waals surface area (Å²) in [7, 11) is 0. The summed E-state index contributed by atoms with van der Waals surface area (Å²) in [6.07, 6.45) is 3.51. The van der Waals surface area contributed by atoms with E-state index < -0.39 is 11.9 Å². The summed E-state index contributed by atoms with van der Waals surface area (Å²) in [6, 6.07) is 11.7. The van der Waals surface area contributed by atoms with Crippen molar-refractivity contribution in [3.8, 4) is 5.82 Å². The van der Waals surface area contributed by atoms with Crippen molar-refractivity contribution in [2.75, 3.05) is 0 Å². The molecule has 3 rings (SSSR count). The zero-order valence-corrected chi connectivity index (χ0v) is 14.4. The van der Waals surface area contributed by atoms with Gasteiger partial charge in [-0.3, -0.25) is 9.59 Å². The van der Waals surface area contributed by atoms with Gasteiger partial charge in [0.25, 0.3) is 11.9 Å². The molecule has 2 heterocycles. The zero-order valence-electron chi connectivity index (χ0n) is 14.4. The van der Waals surface area contributed by atoms with E-state index in [0.29, 0.717) is 5.56 Å². The Morgan fingerprint density at radius 3 is 2.42 bits per heavy atom. The molecule has 8 heteroatoms. The molecule has 134 valence electrons. The number of aliphatic carboxylic acids is 1. The summed E-state index contributed by atoms with van der Waals surface area (Å²) < 4.78 is 1.79. The molecule has 0 unspecified atom stereocenters. The molecule has 1 amide bonds. The highest BCUT2D eigenvalue weighted by atomic mass is 16.4. The van der Waals surface area contributed by atoms with E-state index in [-0.39, 0.29) is 5.96 Å². The molecule has 0 aliphatic rings. The minimum atomic E-state index is -0.833. The number of rotatable bonds is 2. The van der Waals surface area contributed by atoms with Gasteiger partial charge in [0, 0.05) is 24.7 Å². The van der Waals surface area contributed by atoms with Crippen molar-refractivity contribution in [1.82, 2.24) is 9.55 Å². The Balaban J connectivity index is 0.000000552. The van der Waals surface area contributed by atoms with E-state index in [1.807, 2.05) is 49.5 Å². The van der Waals surface area contributed by atoms with Crippen LogP contribution in [0.4, 0.5) is 0 Å². The molecule has 2 aromatic heterocycles. The first-order valence-corrected chi connectivity index (χ1v) is 7.66. The highest BCUT2D eigenvalue weighted by Gasteiger charge is 2.12. The van der Waals surface area contributed by atoms with Crippen LogP contribution in [0.25, 0.3) is 16.7 Å². The van der Waals surface area contributed by atoms with Crippen LogP contribution in [0, 0.1) is 6.92 Å². The fourth-order valence-corrected chi connectivity index (χ4v) is 2.29. The van der Waals surface area contributed by atoms with Crippen LogP contribution in [0.5, 0.6) is 0 Å². The maximum Gasteiger partial charge on any atom is 0.300 e. The molecule has 5 N–H and O–H groups in total. The number of guanidine groups is 1. The van der Waals surface area contributed by atoms with Crippen LogP contribution in [0.2, 0.25) is 0 Å². The number of pyridine rings is 1. The lowest BCUT2D eigenvalue weighted by atomic mass is 10.2. The van der Waals surface area contributed by atoms with E-state index in [1.165, 1.54) is 0 Å². The van der Waals surface area contributed by atoms with Gasteiger partial charge >= 0.3 is 0 Å². The number of aliphatic imine (C=N–C) groups is 1. The Kier molecular flexibility index (Phi) is 5.69. The summed E-state index contributed by atoms with van der Waals surface area (Å²) in [5.41, 5.74) is 12.6. The first kappa shape index (κ1) is 18.7. The van der Waals surface area contributed by atoms with Crippen LogP contribution >= 0.6 is 0 Å². The van der Waals surface area contributed by atoms with Crippen molar-refractivity contribution in [2.45, 2.75) is 13.8 Å². The highest BCUT2D eigenvalue weighted by molar-refractivity contribution is 6.02. The van der Waals surface area contributed by atoms with Gasteiger partial charge in [-0.05, 0) is 30.7 Å². The van der Waals surface area contributed by atoms with Crippen molar-refractivity contribution in [3.05, 3.63) is 59.9 Å². The third-order valence-corrected chi connectivity index (χ3v) is 3.34. The molecule has 0 saturated carbocycles. The lowest BCUT2D eigenvalue weighted by Gasteiger charge is -2.03. The highest BCUT2D eigenvalue weighted by Crippen LogP contribution is 2.18. The van der Waals surface area contributed by atoms with Gasteiger partial charge in [-0.25, -0.2) is 4.98 Å². The molecule has 0 bridgehead atoms. The quantitative estimate of drug-likeness (QED) is 0.475. The van der Waals surface area contributed by atoms with Crippen molar-refractivity contribution in [1.29, 1.82) is 0 Å². The molecule has 0 saturated heterocycles. The first-order chi connectivity index (χ1) is 12.3. The van der Waals surface area contributed by atoms with Gasteiger partial charge in [-0.1, -0.05) is 18.2 Å². The first-order valence-electron chi connectivity index (χ1n) is 7.66. The van der Waals surface area contributed by atoms with Crippen LogP contribution in [-0.4, -0.2) is 32.5 Å². The summed E-state index contributed by atoms with van der Waals surface area (Å²) in [6.45, 7) is 2.91. The summed E-state index contributed by atoms with van der Waals surface area (Å²) in [5, 5.41) is 8.48. The minimum Gasteiger partial charge on any atom is -0.481 e. The van der Waals surface area contributed by atoms with E-state index in [1.54, 1.807) is 10.8 Å². The topological polar surface area (TPSA) is 137 Å². The largest absolute Gasteiger partial charge is 0.481 e. The maximum absolute atomic E-state index is 12.0. The second-order valence-corrected chi connectivity index (χ2v) is 5.49. The number of para-hydroxylation sites is 1. The minimum absolute atomic E-state index is 0.249. The Morgan fingerprint density at radius 2 is 1.77 bits per heavy atom. The van der Waals surface area contributed by atoms with E-state index >= 15 is 0 Å². The fourth-order valence-electron chi connectivity index (χ4n) is 2.29. The van der Waals surface area contributed by atoms with Crippen LogP contribution in [0.15, 0.2) is 53.8 Å². The maximum atomic E-state index is 12.0. The number of benzene rings is 1. The number of aromatic nitrogens is 2. The molecule has 0 atom stereocenters. The van der Waals surface area contributed by atoms with Gasteiger partial charge in [-0.2, -0.15) is 4.99 Å². The van der Waals surface area contributed by atoms with Crippen LogP contribution in [-0.2, 0) is 4.79 Å². The van der Waals surface area contributed by atoms with E-state index in [0.717, 1.165) is 29.2 Å². The lowest BCUT2D eigenvalue weighted by Crippen LogP contribution is -2.24. The Hall–Kier alpha value is -3.68. The Bertz CT molecular complexity index is 983. The Morgan fingerprint density at radius 1 is 1.12 bits per heavy atom. The molecule has 0 spiro atoms. The molecule has 3 aromatic rings. The molecular weight excluding hydrogens is 334 g/mol. The number of carboxylic acid groups (broad SMARTS) is 1. The van der Waals surface area contributed by atoms with Gasteiger partial charge in [0.05, 0.1) is 11.1 Å². The summed E-state index contributed by atoms with van der Waals surface area (Å²) >= 11 is 0. The summed E-state index contributed by atoms with van der Waals surface area (Å²) in [5.74, 6) is -0.816. The zero-order chi connectivity index (χ0) is 19.3. The van der Waals surface area contributed by atoms with Crippen LogP contribution in [0.1, 0.15) is 22.8 Å². The normalized spacial score (nSPS) is 9.92. The lowest BCUT2D eigenvalue weighted by molar-refractivity contribution is -0.134. The van der Waals surface area contributed by atoms with Gasteiger partial charge in [0.15, 0.2) is 5.96 Å². The SMILES string of the molecule is CC(=O)O.Cc1cn(-c2ccc3ccccc3n2)cc1C(=O)N=C(N)N. The number of hydrogen-bond acceptors (Lipinski definition) is 3. The van der Waals surface area contributed by atoms with Crippen LogP contribution in [0.3, 0.4) is 0 Å². The van der Waals surface area contributed by atoms with Crippen molar-refractivity contribution < 1.29 is 14.7 Å². The third-order valence-electron chi connectivity index (χ3n) is 3.34.